The molecule has 32 heavy (non-hydrogen) atoms. The van der Waals surface area contributed by atoms with Gasteiger partial charge in [0.2, 0.25) is 0 Å². The van der Waals surface area contributed by atoms with Crippen LogP contribution in [0.2, 0.25) is 0 Å². The number of para-hydroxylation sites is 1. The molecule has 0 amide bonds. The summed E-state index contributed by atoms with van der Waals surface area (Å²) in [5.74, 6) is 2.27. The molecule has 3 unspecified atom stereocenters. The second-order valence-corrected chi connectivity index (χ2v) is 8.83. The van der Waals surface area contributed by atoms with Gasteiger partial charge in [0, 0.05) is 36.3 Å². The van der Waals surface area contributed by atoms with Crippen LogP contribution in [0.15, 0.2) is 42.7 Å². The lowest BCUT2D eigenvalue weighted by atomic mass is 9.95. The molecule has 3 N–H and O–H groups in total. The first kappa shape index (κ1) is 20.5. The van der Waals surface area contributed by atoms with Gasteiger partial charge in [-0.15, -0.1) is 0 Å². The van der Waals surface area contributed by atoms with Crippen molar-refractivity contribution in [2.75, 3.05) is 22.5 Å². The van der Waals surface area contributed by atoms with E-state index < -0.39 is 0 Å². The Bertz CT molecular complexity index is 1150. The summed E-state index contributed by atoms with van der Waals surface area (Å²) in [5.41, 5.74) is 3.46. The summed E-state index contributed by atoms with van der Waals surface area (Å²) in [6.45, 7) is 3.07. The van der Waals surface area contributed by atoms with Crippen LogP contribution in [0.4, 0.5) is 22.9 Å². The molecule has 0 spiro atoms. The first-order chi connectivity index (χ1) is 15.6. The number of aromatic nitrogens is 2. The van der Waals surface area contributed by atoms with Gasteiger partial charge in [-0.1, -0.05) is 24.6 Å². The fourth-order valence-corrected chi connectivity index (χ4v) is 5.33. The highest BCUT2D eigenvalue weighted by molar-refractivity contribution is 5.94. The summed E-state index contributed by atoms with van der Waals surface area (Å²) in [6.07, 6.45) is 6.84. The van der Waals surface area contributed by atoms with Crippen molar-refractivity contribution in [1.82, 2.24) is 9.97 Å². The number of hydrogen-bond acceptors (Lipinski definition) is 7. The fourth-order valence-electron chi connectivity index (χ4n) is 5.33. The Morgan fingerprint density at radius 3 is 2.72 bits per heavy atom. The van der Waals surface area contributed by atoms with Gasteiger partial charge in [0.1, 0.15) is 17.8 Å². The summed E-state index contributed by atoms with van der Waals surface area (Å²) in [5, 5.41) is 22.5. The highest BCUT2D eigenvalue weighted by atomic mass is 16.6. The first-order valence-electron chi connectivity index (χ1n) is 11.4. The van der Waals surface area contributed by atoms with Gasteiger partial charge in [0.25, 0.3) is 5.69 Å². The number of hydrogen-bond donors (Lipinski definition) is 3. The maximum absolute atomic E-state index is 11.6. The van der Waals surface area contributed by atoms with Crippen LogP contribution < -0.4 is 16.0 Å². The lowest BCUT2D eigenvalue weighted by Gasteiger charge is -2.25. The van der Waals surface area contributed by atoms with Gasteiger partial charge in [-0.25, -0.2) is 9.97 Å². The number of nitrogens with zero attached hydrogens (tertiary/aromatic N) is 3. The molecule has 2 saturated carbocycles. The molecule has 0 saturated heterocycles. The van der Waals surface area contributed by atoms with Crippen LogP contribution in [0.5, 0.6) is 0 Å². The molecule has 1 heterocycles. The molecule has 2 aliphatic rings. The minimum absolute atomic E-state index is 0.0237. The Balaban J connectivity index is 1.39. The SMILES string of the molecule is CCNc1cc2ncnc(NCc3ccccc3NC3CC4CCC3C4)c2cc1[N+](=O)[O-]. The highest BCUT2D eigenvalue weighted by Gasteiger charge is 2.39. The minimum atomic E-state index is -0.372. The monoisotopic (exact) mass is 432 g/mol. The van der Waals surface area contributed by atoms with E-state index in [4.69, 9.17) is 0 Å². The van der Waals surface area contributed by atoms with E-state index in [9.17, 15) is 10.1 Å². The molecule has 2 bridgehead atoms. The maximum atomic E-state index is 11.6. The molecule has 1 aromatic heterocycles. The molecule has 2 aromatic carbocycles. The van der Waals surface area contributed by atoms with Gasteiger partial charge in [-0.3, -0.25) is 10.1 Å². The number of nitrogens with one attached hydrogen (secondary N) is 3. The van der Waals surface area contributed by atoms with E-state index >= 15 is 0 Å². The molecule has 166 valence electrons. The number of benzene rings is 2. The van der Waals surface area contributed by atoms with E-state index in [1.54, 1.807) is 12.1 Å². The van der Waals surface area contributed by atoms with Gasteiger partial charge in [0.05, 0.1) is 10.4 Å². The van der Waals surface area contributed by atoms with E-state index in [-0.39, 0.29) is 10.6 Å². The number of rotatable bonds is 8. The van der Waals surface area contributed by atoms with Gasteiger partial charge in [-0.2, -0.15) is 0 Å². The van der Waals surface area contributed by atoms with E-state index in [2.05, 4.69) is 44.1 Å². The van der Waals surface area contributed by atoms with E-state index in [0.717, 1.165) is 23.1 Å². The molecular weight excluding hydrogens is 404 g/mol. The predicted octanol–water partition coefficient (Wildman–Crippen LogP) is 5.18. The van der Waals surface area contributed by atoms with Crippen molar-refractivity contribution in [3.05, 3.63) is 58.4 Å². The van der Waals surface area contributed by atoms with E-state index in [1.165, 1.54) is 32.0 Å². The Morgan fingerprint density at radius 2 is 1.97 bits per heavy atom. The third-order valence-corrected chi connectivity index (χ3v) is 6.86. The Hall–Kier alpha value is -3.42. The van der Waals surface area contributed by atoms with Crippen LogP contribution in [0.3, 0.4) is 0 Å². The zero-order valence-electron chi connectivity index (χ0n) is 18.2. The normalized spacial score (nSPS) is 21.6. The average Bonchev–Trinajstić information content (AvgIpc) is 3.41. The smallest absolute Gasteiger partial charge is 0.293 e. The van der Waals surface area contributed by atoms with Crippen LogP contribution in [0, 0.1) is 22.0 Å². The van der Waals surface area contributed by atoms with Gasteiger partial charge >= 0.3 is 0 Å². The molecular formula is C24H28N6O2. The largest absolute Gasteiger partial charge is 0.382 e. The van der Waals surface area contributed by atoms with Crippen LogP contribution in [-0.2, 0) is 6.54 Å². The molecule has 2 aliphatic carbocycles. The maximum Gasteiger partial charge on any atom is 0.293 e. The zero-order chi connectivity index (χ0) is 22.1. The number of fused-ring (bicyclic) bond motifs is 3. The summed E-state index contributed by atoms with van der Waals surface area (Å²) in [4.78, 5) is 19.9. The lowest BCUT2D eigenvalue weighted by Crippen LogP contribution is -2.26. The highest BCUT2D eigenvalue weighted by Crippen LogP contribution is 2.45. The molecule has 3 atom stereocenters. The third-order valence-electron chi connectivity index (χ3n) is 6.86. The summed E-state index contributed by atoms with van der Waals surface area (Å²) >= 11 is 0. The van der Waals surface area contributed by atoms with E-state index in [1.807, 2.05) is 13.0 Å². The van der Waals surface area contributed by atoms with Crippen LogP contribution in [-0.4, -0.2) is 27.5 Å². The van der Waals surface area contributed by atoms with Crippen molar-refractivity contribution in [1.29, 1.82) is 0 Å². The third kappa shape index (κ3) is 3.92. The zero-order valence-corrected chi connectivity index (χ0v) is 18.2. The van der Waals surface area contributed by atoms with Crippen molar-refractivity contribution in [3.63, 3.8) is 0 Å². The van der Waals surface area contributed by atoms with Gasteiger partial charge in [-0.05, 0) is 55.7 Å². The fraction of sp³-hybridized carbons (Fsp3) is 0.417. The van der Waals surface area contributed by atoms with Crippen molar-refractivity contribution in [2.24, 2.45) is 11.8 Å². The first-order valence-corrected chi connectivity index (χ1v) is 11.4. The summed E-state index contributed by atoms with van der Waals surface area (Å²) in [6, 6.07) is 12.2. The summed E-state index contributed by atoms with van der Waals surface area (Å²) < 4.78 is 0. The van der Waals surface area contributed by atoms with Crippen molar-refractivity contribution >= 4 is 33.8 Å². The Labute approximate surface area is 187 Å². The van der Waals surface area contributed by atoms with Gasteiger partial charge < -0.3 is 16.0 Å². The molecule has 8 heteroatoms. The molecule has 5 rings (SSSR count). The molecule has 2 fully saturated rings. The van der Waals surface area contributed by atoms with Crippen molar-refractivity contribution < 1.29 is 4.92 Å². The van der Waals surface area contributed by atoms with Crippen molar-refractivity contribution in [2.45, 2.75) is 45.2 Å². The second kappa shape index (κ2) is 8.61. The van der Waals surface area contributed by atoms with Crippen LogP contribution in [0.1, 0.15) is 38.2 Å². The molecule has 8 nitrogen and oxygen atoms in total. The standard InChI is InChI=1S/C24H28N6O2/c1-2-25-22-12-21-18(11-23(22)30(31)32)24(28-14-27-21)26-13-17-5-3-4-6-19(17)29-20-10-15-7-8-16(20)9-15/h3-6,11-12,14-16,20,25,29H,2,7-10,13H2,1H3,(H,26,27,28). The van der Waals surface area contributed by atoms with E-state index in [0.29, 0.717) is 41.5 Å². The quantitative estimate of drug-likeness (QED) is 0.333. The minimum Gasteiger partial charge on any atom is -0.382 e. The number of anilines is 3. The Morgan fingerprint density at radius 1 is 1.09 bits per heavy atom. The average molecular weight is 433 g/mol. The molecule has 0 aliphatic heterocycles. The summed E-state index contributed by atoms with van der Waals surface area (Å²) in [7, 11) is 0. The van der Waals surface area contributed by atoms with Crippen LogP contribution >= 0.6 is 0 Å². The number of nitro groups is 1. The molecule has 3 aromatic rings. The van der Waals surface area contributed by atoms with Crippen LogP contribution in [0.25, 0.3) is 10.9 Å². The van der Waals surface area contributed by atoms with Crippen molar-refractivity contribution in [3.8, 4) is 0 Å². The van der Waals surface area contributed by atoms with Gasteiger partial charge in [0.15, 0.2) is 0 Å². The predicted molar refractivity (Wildman–Crippen MR) is 127 cm³/mol. The Kier molecular flexibility index (Phi) is 5.51. The topological polar surface area (TPSA) is 105 Å². The lowest BCUT2D eigenvalue weighted by molar-refractivity contribution is -0.383. The molecule has 0 radical (unpaired) electrons. The second-order valence-electron chi connectivity index (χ2n) is 8.83. The number of nitro benzene ring substituents is 1.